The molecule has 2 saturated carbocycles. The van der Waals surface area contributed by atoms with E-state index in [1.165, 1.54) is 6.07 Å². The highest BCUT2D eigenvalue weighted by Gasteiger charge is 2.77. The van der Waals surface area contributed by atoms with Crippen LogP contribution in [-0.2, 0) is 14.4 Å². The maximum atomic E-state index is 13.5. The van der Waals surface area contributed by atoms with E-state index < -0.39 is 33.7 Å². The summed E-state index contributed by atoms with van der Waals surface area (Å²) in [4.78, 5) is 52.1. The quantitative estimate of drug-likeness (QED) is 0.447. The molecular formula is C24H22ClNO4. The minimum atomic E-state index is -1.44. The average molecular weight is 424 g/mol. The fourth-order valence-electron chi connectivity index (χ4n) is 5.06. The van der Waals surface area contributed by atoms with Gasteiger partial charge in [-0.1, -0.05) is 62.7 Å². The van der Waals surface area contributed by atoms with Gasteiger partial charge in [-0.15, -0.1) is 0 Å². The van der Waals surface area contributed by atoms with Crippen LogP contribution in [0.15, 0.2) is 48.5 Å². The maximum Gasteiger partial charge on any atom is 0.239 e. The SMILES string of the molecule is CC12CCC(C(=O)Nc3ccc(Cl)cc3C(=O)c3ccccc3)(C(=O)C1=O)C2(C)C. The summed E-state index contributed by atoms with van der Waals surface area (Å²) in [7, 11) is 0. The highest BCUT2D eigenvalue weighted by atomic mass is 35.5. The molecule has 2 aromatic rings. The number of carbonyl (C=O) groups excluding carboxylic acids is 4. The molecule has 0 spiro atoms. The molecule has 0 radical (unpaired) electrons. The summed E-state index contributed by atoms with van der Waals surface area (Å²) >= 11 is 6.12. The molecule has 2 fully saturated rings. The van der Waals surface area contributed by atoms with Crippen LogP contribution in [0.2, 0.25) is 5.02 Å². The minimum absolute atomic E-state index is 0.230. The first kappa shape index (κ1) is 20.5. The Bertz CT molecular complexity index is 1110. The second-order valence-electron chi connectivity index (χ2n) is 8.86. The summed E-state index contributed by atoms with van der Waals surface area (Å²) in [5, 5.41) is 3.13. The summed E-state index contributed by atoms with van der Waals surface area (Å²) in [5.41, 5.74) is -2.17. The van der Waals surface area contributed by atoms with Crippen molar-refractivity contribution in [3.63, 3.8) is 0 Å². The van der Waals surface area contributed by atoms with E-state index in [9.17, 15) is 19.2 Å². The van der Waals surface area contributed by atoms with Gasteiger partial charge in [-0.05, 0) is 36.5 Å². The van der Waals surface area contributed by atoms with E-state index in [0.29, 0.717) is 23.4 Å². The molecule has 2 atom stereocenters. The Balaban J connectivity index is 1.74. The van der Waals surface area contributed by atoms with Crippen molar-refractivity contribution in [2.24, 2.45) is 16.2 Å². The summed E-state index contributed by atoms with van der Waals surface area (Å²) < 4.78 is 0. The van der Waals surface area contributed by atoms with Gasteiger partial charge in [0.05, 0.1) is 5.69 Å². The molecule has 2 bridgehead atoms. The molecule has 2 aromatic carbocycles. The van der Waals surface area contributed by atoms with Crippen molar-refractivity contribution >= 4 is 40.5 Å². The lowest BCUT2D eigenvalue weighted by Gasteiger charge is -2.37. The fourth-order valence-corrected chi connectivity index (χ4v) is 5.23. The highest BCUT2D eigenvalue weighted by Crippen LogP contribution is 2.69. The third kappa shape index (κ3) is 2.48. The van der Waals surface area contributed by atoms with Gasteiger partial charge in [-0.25, -0.2) is 0 Å². The molecule has 1 amide bonds. The molecule has 0 heterocycles. The Morgan fingerprint density at radius 1 is 0.933 bits per heavy atom. The lowest BCUT2D eigenvalue weighted by atomic mass is 9.64. The largest absolute Gasteiger partial charge is 0.324 e. The van der Waals surface area contributed by atoms with E-state index in [2.05, 4.69) is 5.32 Å². The van der Waals surface area contributed by atoms with Crippen LogP contribution < -0.4 is 5.32 Å². The molecule has 0 aliphatic heterocycles. The Labute approximate surface area is 179 Å². The van der Waals surface area contributed by atoms with Crippen LogP contribution in [0.4, 0.5) is 5.69 Å². The zero-order chi connectivity index (χ0) is 21.9. The van der Waals surface area contributed by atoms with Crippen molar-refractivity contribution in [3.8, 4) is 0 Å². The molecule has 154 valence electrons. The molecule has 0 saturated heterocycles. The van der Waals surface area contributed by atoms with Crippen molar-refractivity contribution in [2.75, 3.05) is 5.32 Å². The number of nitrogens with one attached hydrogen (secondary N) is 1. The predicted molar refractivity (Wildman–Crippen MR) is 114 cm³/mol. The molecule has 1 N–H and O–H groups in total. The first-order valence-electron chi connectivity index (χ1n) is 9.86. The number of halogens is 1. The fraction of sp³-hybridized carbons (Fsp3) is 0.333. The van der Waals surface area contributed by atoms with E-state index in [4.69, 9.17) is 11.6 Å². The van der Waals surface area contributed by atoms with Crippen molar-refractivity contribution in [1.82, 2.24) is 0 Å². The second kappa shape index (κ2) is 6.61. The van der Waals surface area contributed by atoms with Gasteiger partial charge in [-0.3, -0.25) is 19.2 Å². The van der Waals surface area contributed by atoms with Crippen LogP contribution >= 0.6 is 11.6 Å². The first-order valence-corrected chi connectivity index (χ1v) is 10.2. The van der Waals surface area contributed by atoms with Crippen molar-refractivity contribution in [3.05, 3.63) is 64.7 Å². The first-order chi connectivity index (χ1) is 14.1. The summed E-state index contributed by atoms with van der Waals surface area (Å²) in [6, 6.07) is 13.3. The van der Waals surface area contributed by atoms with Crippen LogP contribution in [0.1, 0.15) is 49.5 Å². The zero-order valence-corrected chi connectivity index (χ0v) is 17.8. The van der Waals surface area contributed by atoms with Crippen molar-refractivity contribution in [2.45, 2.75) is 33.6 Å². The third-order valence-electron chi connectivity index (χ3n) is 7.44. The van der Waals surface area contributed by atoms with Gasteiger partial charge in [0.25, 0.3) is 0 Å². The van der Waals surface area contributed by atoms with Crippen molar-refractivity contribution in [1.29, 1.82) is 0 Å². The number of rotatable bonds is 4. The topological polar surface area (TPSA) is 80.3 Å². The number of fused-ring (bicyclic) bond motifs is 2. The highest BCUT2D eigenvalue weighted by molar-refractivity contribution is 6.49. The zero-order valence-electron chi connectivity index (χ0n) is 17.0. The molecule has 2 unspecified atom stereocenters. The minimum Gasteiger partial charge on any atom is -0.324 e. The van der Waals surface area contributed by atoms with Crippen molar-refractivity contribution < 1.29 is 19.2 Å². The van der Waals surface area contributed by atoms with Gasteiger partial charge in [0, 0.05) is 21.6 Å². The second-order valence-corrected chi connectivity index (χ2v) is 9.30. The molecule has 4 rings (SSSR count). The van der Waals surface area contributed by atoms with Crippen LogP contribution in [0.3, 0.4) is 0 Å². The number of carbonyl (C=O) groups is 4. The monoisotopic (exact) mass is 423 g/mol. The molecule has 5 nitrogen and oxygen atoms in total. The molecular weight excluding hydrogens is 402 g/mol. The summed E-state index contributed by atoms with van der Waals surface area (Å²) in [6.45, 7) is 5.38. The number of benzene rings is 2. The molecule has 30 heavy (non-hydrogen) atoms. The lowest BCUT2D eigenvalue weighted by molar-refractivity contribution is -0.147. The number of anilines is 1. The Kier molecular flexibility index (Phi) is 4.51. The average Bonchev–Trinajstić information content (AvgIpc) is 3.00. The molecule has 0 aromatic heterocycles. The molecule has 6 heteroatoms. The van der Waals surface area contributed by atoms with E-state index in [1.54, 1.807) is 63.2 Å². The Morgan fingerprint density at radius 2 is 1.60 bits per heavy atom. The number of hydrogen-bond donors (Lipinski definition) is 1. The van der Waals surface area contributed by atoms with Crippen LogP contribution in [0, 0.1) is 16.2 Å². The van der Waals surface area contributed by atoms with Gasteiger partial charge in [0.2, 0.25) is 17.5 Å². The number of amides is 1. The number of hydrogen-bond acceptors (Lipinski definition) is 4. The van der Waals surface area contributed by atoms with Gasteiger partial charge < -0.3 is 5.32 Å². The summed E-state index contributed by atoms with van der Waals surface area (Å²) in [6.07, 6.45) is 0.789. The van der Waals surface area contributed by atoms with E-state index in [1.807, 2.05) is 0 Å². The number of ketones is 3. The molecule has 2 aliphatic rings. The number of Topliss-reactive ketones (excluding diaryl/α,β-unsaturated/α-hetero) is 2. The maximum absolute atomic E-state index is 13.5. The smallest absolute Gasteiger partial charge is 0.239 e. The van der Waals surface area contributed by atoms with E-state index in [-0.39, 0.29) is 17.0 Å². The summed E-state index contributed by atoms with van der Waals surface area (Å²) in [5.74, 6) is -1.96. The van der Waals surface area contributed by atoms with Gasteiger partial charge in [-0.2, -0.15) is 0 Å². The van der Waals surface area contributed by atoms with E-state index >= 15 is 0 Å². The van der Waals surface area contributed by atoms with E-state index in [0.717, 1.165) is 0 Å². The standard InChI is InChI=1S/C24H22ClNO4/c1-22(2)23(3)11-12-24(22,20(29)19(23)28)21(30)26-17-10-9-15(25)13-16(17)18(27)14-7-5-4-6-8-14/h4-10,13H,11-12H2,1-3H3,(H,26,30). The normalized spacial score (nSPS) is 26.7. The molecule has 2 aliphatic carbocycles. The Hall–Kier alpha value is -2.79. The third-order valence-corrected chi connectivity index (χ3v) is 7.67. The lowest BCUT2D eigenvalue weighted by Crippen LogP contribution is -2.48. The van der Waals surface area contributed by atoms with Crippen LogP contribution in [0.5, 0.6) is 0 Å². The van der Waals surface area contributed by atoms with Crippen LogP contribution in [-0.4, -0.2) is 23.3 Å². The van der Waals surface area contributed by atoms with Gasteiger partial charge in [0.15, 0.2) is 5.78 Å². The Morgan fingerprint density at radius 3 is 2.20 bits per heavy atom. The van der Waals surface area contributed by atoms with Crippen LogP contribution in [0.25, 0.3) is 0 Å². The van der Waals surface area contributed by atoms with Gasteiger partial charge in [0.1, 0.15) is 5.41 Å². The van der Waals surface area contributed by atoms with Gasteiger partial charge >= 0.3 is 0 Å². The predicted octanol–water partition coefficient (Wildman–Crippen LogP) is 4.47.